The van der Waals surface area contributed by atoms with Gasteiger partial charge in [-0.15, -0.1) is 0 Å². The Morgan fingerprint density at radius 3 is 2.33 bits per heavy atom. The first-order valence-electron chi connectivity index (χ1n) is 6.94. The predicted molar refractivity (Wildman–Crippen MR) is 83.6 cm³/mol. The molecule has 4 rings (SSSR count). The summed E-state index contributed by atoms with van der Waals surface area (Å²) < 4.78 is 5.22. The Morgan fingerprint density at radius 2 is 1.67 bits per heavy atom. The summed E-state index contributed by atoms with van der Waals surface area (Å²) in [7, 11) is 0. The largest absolute Gasteiger partial charge is 0.463 e. The van der Waals surface area contributed by atoms with E-state index in [9.17, 15) is 14.4 Å². The normalized spacial score (nSPS) is 13.5. The van der Waals surface area contributed by atoms with Crippen molar-refractivity contribution in [1.29, 1.82) is 0 Å². The highest BCUT2D eigenvalue weighted by Gasteiger charge is 2.39. The minimum atomic E-state index is -0.854. The second-order valence-electron chi connectivity index (χ2n) is 5.09. The molecule has 2 heterocycles. The number of carbonyl (C=O) groups is 3. The predicted octanol–water partition coefficient (Wildman–Crippen LogP) is 3.45. The summed E-state index contributed by atoms with van der Waals surface area (Å²) in [6.07, 6.45) is 1.38. The average molecular weight is 342 g/mol. The van der Waals surface area contributed by atoms with Crippen LogP contribution in [0.15, 0.2) is 53.1 Å². The maximum absolute atomic E-state index is 12.4. The number of amides is 2. The van der Waals surface area contributed by atoms with Crippen molar-refractivity contribution in [1.82, 2.24) is 5.06 Å². The van der Waals surface area contributed by atoms with E-state index in [1.54, 1.807) is 18.2 Å². The molecule has 1 aromatic heterocycles. The molecule has 2 amide bonds. The fourth-order valence-corrected chi connectivity index (χ4v) is 2.80. The van der Waals surface area contributed by atoms with E-state index in [2.05, 4.69) is 0 Å². The lowest BCUT2D eigenvalue weighted by atomic mass is 10.1. The van der Waals surface area contributed by atoms with Gasteiger partial charge in [0, 0.05) is 5.39 Å². The van der Waals surface area contributed by atoms with Crippen LogP contribution < -0.4 is 0 Å². The zero-order valence-electron chi connectivity index (χ0n) is 12.0. The van der Waals surface area contributed by atoms with E-state index in [1.807, 2.05) is 0 Å². The molecule has 0 unspecified atom stereocenters. The van der Waals surface area contributed by atoms with Crippen molar-refractivity contribution in [2.24, 2.45) is 0 Å². The molecule has 0 saturated heterocycles. The molecular formula is C17H8ClNO5. The SMILES string of the molecule is O=C(ON1C(=O)c2ccccc2C1=O)c1ccc(Cl)c2occc12. The van der Waals surface area contributed by atoms with Gasteiger partial charge in [0.2, 0.25) is 0 Å². The number of hydroxylamine groups is 2. The molecule has 0 N–H and O–H groups in total. The number of furan rings is 1. The zero-order chi connectivity index (χ0) is 16.8. The van der Waals surface area contributed by atoms with Crippen LogP contribution in [0.1, 0.15) is 31.1 Å². The van der Waals surface area contributed by atoms with Crippen LogP contribution in [-0.2, 0) is 4.84 Å². The fraction of sp³-hybridized carbons (Fsp3) is 0. The topological polar surface area (TPSA) is 76.8 Å². The number of fused-ring (bicyclic) bond motifs is 2. The van der Waals surface area contributed by atoms with Gasteiger partial charge in [-0.25, -0.2) is 4.79 Å². The summed E-state index contributed by atoms with van der Waals surface area (Å²) in [6.45, 7) is 0. The third kappa shape index (κ3) is 2.00. The van der Waals surface area contributed by atoms with Gasteiger partial charge < -0.3 is 9.25 Å². The molecule has 0 atom stereocenters. The lowest BCUT2D eigenvalue weighted by Gasteiger charge is -2.13. The number of hydrogen-bond acceptors (Lipinski definition) is 5. The van der Waals surface area contributed by atoms with E-state index < -0.39 is 17.8 Å². The second-order valence-corrected chi connectivity index (χ2v) is 5.49. The van der Waals surface area contributed by atoms with Gasteiger partial charge >= 0.3 is 5.97 Å². The van der Waals surface area contributed by atoms with Gasteiger partial charge in [-0.1, -0.05) is 28.8 Å². The Kier molecular flexibility index (Phi) is 3.14. The highest BCUT2D eigenvalue weighted by molar-refractivity contribution is 6.35. The summed E-state index contributed by atoms with van der Waals surface area (Å²) in [5.41, 5.74) is 0.855. The van der Waals surface area contributed by atoms with Crippen molar-refractivity contribution in [3.05, 3.63) is 70.4 Å². The van der Waals surface area contributed by atoms with E-state index in [0.29, 0.717) is 21.1 Å². The van der Waals surface area contributed by atoms with Crippen molar-refractivity contribution in [3.8, 4) is 0 Å². The van der Waals surface area contributed by atoms with Crippen molar-refractivity contribution in [2.45, 2.75) is 0 Å². The molecule has 118 valence electrons. The first-order chi connectivity index (χ1) is 11.6. The maximum Gasteiger partial charge on any atom is 0.364 e. The molecule has 0 aliphatic carbocycles. The first kappa shape index (κ1) is 14.5. The highest BCUT2D eigenvalue weighted by atomic mass is 35.5. The van der Waals surface area contributed by atoms with Gasteiger partial charge in [0.05, 0.1) is 28.0 Å². The fourth-order valence-electron chi connectivity index (χ4n) is 2.59. The van der Waals surface area contributed by atoms with E-state index in [1.165, 1.54) is 30.5 Å². The van der Waals surface area contributed by atoms with Gasteiger partial charge in [0.25, 0.3) is 11.8 Å². The first-order valence-corrected chi connectivity index (χ1v) is 7.31. The molecule has 3 aromatic rings. The van der Waals surface area contributed by atoms with E-state index in [4.69, 9.17) is 20.9 Å². The number of carbonyl (C=O) groups excluding carboxylic acids is 3. The molecule has 1 aliphatic rings. The van der Waals surface area contributed by atoms with Crippen LogP contribution in [0.2, 0.25) is 5.02 Å². The van der Waals surface area contributed by atoms with Crippen molar-refractivity contribution in [2.75, 3.05) is 0 Å². The molecule has 2 aromatic carbocycles. The number of imide groups is 1. The summed E-state index contributed by atoms with van der Waals surface area (Å²) in [6, 6.07) is 10.7. The van der Waals surface area contributed by atoms with Gasteiger partial charge in [0.1, 0.15) is 0 Å². The minimum Gasteiger partial charge on any atom is -0.463 e. The average Bonchev–Trinajstić information content (AvgIpc) is 3.16. The Balaban J connectivity index is 1.68. The Hall–Kier alpha value is -3.12. The van der Waals surface area contributed by atoms with Crippen molar-refractivity contribution >= 4 is 40.4 Å². The third-order valence-electron chi connectivity index (χ3n) is 3.72. The monoisotopic (exact) mass is 341 g/mol. The molecular weight excluding hydrogens is 334 g/mol. The van der Waals surface area contributed by atoms with Crippen LogP contribution in [0.5, 0.6) is 0 Å². The highest BCUT2D eigenvalue weighted by Crippen LogP contribution is 2.29. The van der Waals surface area contributed by atoms with Crippen LogP contribution in [-0.4, -0.2) is 22.8 Å². The second kappa shape index (κ2) is 5.21. The number of rotatable bonds is 2. The molecule has 0 bridgehead atoms. The third-order valence-corrected chi connectivity index (χ3v) is 4.02. The molecule has 6 nitrogen and oxygen atoms in total. The Morgan fingerprint density at radius 1 is 1.00 bits per heavy atom. The van der Waals surface area contributed by atoms with Crippen LogP contribution >= 0.6 is 11.6 Å². The van der Waals surface area contributed by atoms with Crippen LogP contribution in [0.3, 0.4) is 0 Å². The summed E-state index contributed by atoms with van der Waals surface area (Å²) in [4.78, 5) is 41.9. The molecule has 1 aliphatic heterocycles. The maximum atomic E-state index is 12.4. The summed E-state index contributed by atoms with van der Waals surface area (Å²) >= 11 is 5.99. The van der Waals surface area contributed by atoms with Gasteiger partial charge in [0.15, 0.2) is 5.58 Å². The summed E-state index contributed by atoms with van der Waals surface area (Å²) in [5.74, 6) is -2.21. The van der Waals surface area contributed by atoms with E-state index in [-0.39, 0.29) is 16.7 Å². The molecule has 0 saturated carbocycles. The Labute approximate surface area is 140 Å². The van der Waals surface area contributed by atoms with Gasteiger partial charge in [-0.3, -0.25) is 9.59 Å². The minimum absolute atomic E-state index is 0.139. The van der Waals surface area contributed by atoms with Crippen LogP contribution in [0.25, 0.3) is 11.0 Å². The summed E-state index contributed by atoms with van der Waals surface area (Å²) in [5, 5.41) is 1.24. The molecule has 0 spiro atoms. The Bertz CT molecular complexity index is 988. The molecule has 7 heteroatoms. The number of hydrogen-bond donors (Lipinski definition) is 0. The smallest absolute Gasteiger partial charge is 0.364 e. The quantitative estimate of drug-likeness (QED) is 0.667. The number of halogens is 1. The zero-order valence-corrected chi connectivity index (χ0v) is 12.7. The van der Waals surface area contributed by atoms with Gasteiger partial charge in [-0.2, -0.15) is 0 Å². The van der Waals surface area contributed by atoms with Crippen molar-refractivity contribution in [3.63, 3.8) is 0 Å². The number of benzene rings is 2. The molecule has 24 heavy (non-hydrogen) atoms. The molecule has 0 radical (unpaired) electrons. The van der Waals surface area contributed by atoms with Crippen LogP contribution in [0, 0.1) is 0 Å². The lowest BCUT2D eigenvalue weighted by Crippen LogP contribution is -2.32. The van der Waals surface area contributed by atoms with Gasteiger partial charge in [-0.05, 0) is 30.3 Å². The van der Waals surface area contributed by atoms with Crippen molar-refractivity contribution < 1.29 is 23.6 Å². The number of nitrogens with zero attached hydrogens (tertiary/aromatic N) is 1. The lowest BCUT2D eigenvalue weighted by molar-refractivity contribution is -0.0583. The van der Waals surface area contributed by atoms with E-state index >= 15 is 0 Å². The van der Waals surface area contributed by atoms with Crippen LogP contribution in [0.4, 0.5) is 0 Å². The molecule has 0 fully saturated rings. The standard InChI is InChI=1S/C17H8ClNO5/c18-13-6-5-12(9-7-8-23-14(9)13)17(22)24-19-15(20)10-3-1-2-4-11(10)16(19)21/h1-8H. The van der Waals surface area contributed by atoms with E-state index in [0.717, 1.165) is 0 Å².